The van der Waals surface area contributed by atoms with Crippen LogP contribution in [-0.4, -0.2) is 65.8 Å². The first-order valence-corrected chi connectivity index (χ1v) is 12.6. The molecule has 0 atom stereocenters. The van der Waals surface area contributed by atoms with E-state index < -0.39 is 5.97 Å². The average molecular weight is 547 g/mol. The van der Waals surface area contributed by atoms with Gasteiger partial charge in [0.05, 0.1) is 17.2 Å². The van der Waals surface area contributed by atoms with Crippen molar-refractivity contribution in [2.45, 2.75) is 38.5 Å². The Kier molecular flexibility index (Phi) is 14.9. The third-order valence-corrected chi connectivity index (χ3v) is 6.89. The first-order chi connectivity index (χ1) is 16.8. The Balaban J connectivity index is 0.000000351. The topological polar surface area (TPSA) is 126 Å². The maximum atomic E-state index is 11.2. The number of aromatic nitrogens is 2. The third-order valence-electron chi connectivity index (χ3n) is 6.45. The number of rotatable bonds is 6. The van der Waals surface area contributed by atoms with Crippen LogP contribution < -0.4 is 28.7 Å². The van der Waals surface area contributed by atoms with Crippen LogP contribution in [0.1, 0.15) is 38.5 Å². The SMILES string of the molecule is COC(=O)CC1CCN(c2ccc(Cl)cn2)CC1.O=C(O)CC1CCN(c2ccc(Cl)cn2)CC1.[Li+].[OH-]. The van der Waals surface area contributed by atoms with Gasteiger partial charge in [0, 0.05) is 51.4 Å². The number of ether oxygens (including phenoxy) is 1. The molecule has 0 aliphatic carbocycles. The second-order valence-electron chi connectivity index (χ2n) is 8.91. The van der Waals surface area contributed by atoms with Gasteiger partial charge in [0.15, 0.2) is 0 Å². The van der Waals surface area contributed by atoms with Gasteiger partial charge < -0.3 is 25.1 Å². The number of hydrogen-bond acceptors (Lipinski definition) is 8. The summed E-state index contributed by atoms with van der Waals surface area (Å²) in [5.41, 5.74) is 0. The van der Waals surface area contributed by atoms with E-state index in [9.17, 15) is 9.59 Å². The molecule has 4 rings (SSSR count). The molecule has 198 valence electrons. The zero-order valence-electron chi connectivity index (χ0n) is 21.4. The molecule has 2 aliphatic heterocycles. The fourth-order valence-corrected chi connectivity index (χ4v) is 4.63. The number of carbonyl (C=O) groups is 2. The predicted octanol–water partition coefficient (Wildman–Crippen LogP) is 1.77. The van der Waals surface area contributed by atoms with Gasteiger partial charge in [0.1, 0.15) is 11.6 Å². The average Bonchev–Trinajstić information content (AvgIpc) is 2.86. The number of carboxylic acids is 1. The zero-order chi connectivity index (χ0) is 25.2. The van der Waals surface area contributed by atoms with Crippen LogP contribution in [0.15, 0.2) is 36.7 Å². The fourth-order valence-electron chi connectivity index (χ4n) is 4.41. The summed E-state index contributed by atoms with van der Waals surface area (Å²) in [6.07, 6.45) is 7.93. The van der Waals surface area contributed by atoms with E-state index in [2.05, 4.69) is 19.8 Å². The molecular weight excluding hydrogens is 514 g/mol. The van der Waals surface area contributed by atoms with Crippen LogP contribution in [0.25, 0.3) is 0 Å². The van der Waals surface area contributed by atoms with E-state index in [0.29, 0.717) is 28.3 Å². The van der Waals surface area contributed by atoms with Crippen LogP contribution in [0.3, 0.4) is 0 Å². The number of carbonyl (C=O) groups excluding carboxylic acids is 1. The van der Waals surface area contributed by atoms with Crippen LogP contribution in [0.4, 0.5) is 11.6 Å². The maximum absolute atomic E-state index is 11.2. The molecule has 2 aromatic rings. The van der Waals surface area contributed by atoms with Crippen molar-refractivity contribution in [2.75, 3.05) is 43.1 Å². The number of pyridine rings is 2. The number of carboxylic acid groups (broad SMARTS) is 1. The number of nitrogens with zero attached hydrogens (tertiary/aromatic N) is 4. The molecule has 2 saturated heterocycles. The molecular formula is C25H33Cl2LiN4O5. The first kappa shape index (κ1) is 33.0. The Morgan fingerprint density at radius 2 is 1.27 bits per heavy atom. The molecule has 0 amide bonds. The van der Waals surface area contributed by atoms with Gasteiger partial charge in [0.2, 0.25) is 0 Å². The van der Waals surface area contributed by atoms with Gasteiger partial charge in [0.25, 0.3) is 0 Å². The summed E-state index contributed by atoms with van der Waals surface area (Å²) in [4.78, 5) is 34.8. The van der Waals surface area contributed by atoms with Gasteiger partial charge in [-0.15, -0.1) is 0 Å². The van der Waals surface area contributed by atoms with Crippen LogP contribution >= 0.6 is 23.2 Å². The molecule has 37 heavy (non-hydrogen) atoms. The van der Waals surface area contributed by atoms with E-state index in [1.54, 1.807) is 12.4 Å². The molecule has 2 fully saturated rings. The molecule has 2 N–H and O–H groups in total. The van der Waals surface area contributed by atoms with Crippen molar-refractivity contribution in [3.8, 4) is 0 Å². The largest absolute Gasteiger partial charge is 1.00 e. The summed E-state index contributed by atoms with van der Waals surface area (Å²) in [5.74, 6) is 1.79. The normalized spacial score (nSPS) is 16.0. The molecule has 2 aliphatic rings. The Hall–Kier alpha value is -2.02. The number of aliphatic carboxylic acids is 1. The van der Waals surface area contributed by atoms with E-state index in [-0.39, 0.29) is 36.7 Å². The molecule has 0 spiro atoms. The predicted molar refractivity (Wildman–Crippen MR) is 139 cm³/mol. The van der Waals surface area contributed by atoms with Crippen LogP contribution in [-0.2, 0) is 14.3 Å². The quantitative estimate of drug-likeness (QED) is 0.426. The standard InChI is InChI=1S/C13H17ClN2O2.C12H15ClN2O2.Li.H2O/c1-18-13(17)8-10-4-6-16(7-5-10)12-3-2-11(14)9-15-12;13-10-1-2-11(14-8-10)15-5-3-9(4-6-15)7-12(16)17;;/h2-3,9-10H,4-8H2,1H3;1-2,8-9H,3-7H2,(H,16,17);;1H2/q;;+1;/p-1. The minimum atomic E-state index is -0.701. The van der Waals surface area contributed by atoms with Crippen molar-refractivity contribution in [3.63, 3.8) is 0 Å². The van der Waals surface area contributed by atoms with E-state index in [0.717, 1.165) is 63.5 Å². The molecule has 9 nitrogen and oxygen atoms in total. The summed E-state index contributed by atoms with van der Waals surface area (Å²) < 4.78 is 4.70. The molecule has 0 unspecified atom stereocenters. The monoisotopic (exact) mass is 546 g/mol. The number of anilines is 2. The number of hydrogen-bond donors (Lipinski definition) is 1. The summed E-state index contributed by atoms with van der Waals surface area (Å²) in [6, 6.07) is 7.51. The van der Waals surface area contributed by atoms with Gasteiger partial charge >= 0.3 is 30.8 Å². The van der Waals surface area contributed by atoms with Crippen LogP contribution in [0.5, 0.6) is 0 Å². The van der Waals surface area contributed by atoms with E-state index >= 15 is 0 Å². The number of esters is 1. The van der Waals surface area contributed by atoms with Crippen molar-refractivity contribution in [1.82, 2.24) is 9.97 Å². The van der Waals surface area contributed by atoms with Gasteiger partial charge in [-0.3, -0.25) is 9.59 Å². The Morgan fingerprint density at radius 3 is 1.59 bits per heavy atom. The number of halogens is 2. The van der Waals surface area contributed by atoms with Crippen molar-refractivity contribution >= 4 is 46.8 Å². The fraction of sp³-hybridized carbons (Fsp3) is 0.520. The van der Waals surface area contributed by atoms with Crippen molar-refractivity contribution < 1.29 is 43.8 Å². The van der Waals surface area contributed by atoms with Crippen LogP contribution in [0.2, 0.25) is 10.0 Å². The number of piperidine rings is 2. The van der Waals surface area contributed by atoms with Gasteiger partial charge in [-0.25, -0.2) is 9.97 Å². The molecule has 0 aromatic carbocycles. The second-order valence-corrected chi connectivity index (χ2v) is 9.78. The molecule has 12 heteroatoms. The minimum absolute atomic E-state index is 0. The van der Waals surface area contributed by atoms with E-state index in [1.807, 2.05) is 24.3 Å². The zero-order valence-corrected chi connectivity index (χ0v) is 22.9. The summed E-state index contributed by atoms with van der Waals surface area (Å²) >= 11 is 11.6. The van der Waals surface area contributed by atoms with Gasteiger partial charge in [-0.2, -0.15) is 0 Å². The van der Waals surface area contributed by atoms with E-state index in [4.69, 9.17) is 33.0 Å². The van der Waals surface area contributed by atoms with Crippen LogP contribution in [0, 0.1) is 11.8 Å². The smallest absolute Gasteiger partial charge is 0.870 e. The van der Waals surface area contributed by atoms with E-state index in [1.165, 1.54) is 7.11 Å². The second kappa shape index (κ2) is 16.7. The Bertz CT molecular complexity index is 953. The van der Waals surface area contributed by atoms with Crippen molar-refractivity contribution in [2.24, 2.45) is 11.8 Å². The molecule has 0 saturated carbocycles. The summed E-state index contributed by atoms with van der Waals surface area (Å²) in [5, 5.41) is 10.0. The summed E-state index contributed by atoms with van der Waals surface area (Å²) in [7, 11) is 1.44. The van der Waals surface area contributed by atoms with Crippen molar-refractivity contribution in [3.05, 3.63) is 46.7 Å². The minimum Gasteiger partial charge on any atom is -0.870 e. The number of methoxy groups -OCH3 is 1. The Morgan fingerprint density at radius 1 is 0.865 bits per heavy atom. The Labute approximate surface area is 240 Å². The molecule has 2 aromatic heterocycles. The molecule has 0 radical (unpaired) electrons. The maximum Gasteiger partial charge on any atom is 1.00 e. The third kappa shape index (κ3) is 11.1. The van der Waals surface area contributed by atoms with Gasteiger partial charge in [-0.1, -0.05) is 23.2 Å². The molecule has 4 heterocycles. The molecule has 0 bridgehead atoms. The van der Waals surface area contributed by atoms with Crippen molar-refractivity contribution in [1.29, 1.82) is 0 Å². The first-order valence-electron chi connectivity index (χ1n) is 11.9. The van der Waals surface area contributed by atoms with Gasteiger partial charge in [-0.05, 0) is 61.8 Å². The summed E-state index contributed by atoms with van der Waals surface area (Å²) in [6.45, 7) is 3.59.